The fourth-order valence-electron chi connectivity index (χ4n) is 7.86. The summed E-state index contributed by atoms with van der Waals surface area (Å²) in [4.78, 5) is 15.7. The van der Waals surface area contributed by atoms with Crippen molar-refractivity contribution in [2.45, 2.75) is 13.3 Å². The van der Waals surface area contributed by atoms with E-state index >= 15 is 0 Å². The number of hydrogen-bond acceptors (Lipinski definition) is 3. The molecule has 260 valence electrons. The molecule has 4 heteroatoms. The first kappa shape index (κ1) is 32.5. The third kappa shape index (κ3) is 5.94. The first-order chi connectivity index (χ1) is 27.2. The third-order valence-electron chi connectivity index (χ3n) is 10.5. The quantitative estimate of drug-likeness (QED) is 0.155. The molecule has 0 bridgehead atoms. The van der Waals surface area contributed by atoms with Gasteiger partial charge in [-0.2, -0.15) is 0 Å². The van der Waals surface area contributed by atoms with Crippen LogP contribution in [0.1, 0.15) is 12.7 Å². The fourth-order valence-corrected chi connectivity index (χ4v) is 7.86. The van der Waals surface area contributed by atoms with Crippen molar-refractivity contribution in [3.05, 3.63) is 194 Å². The lowest BCUT2D eigenvalue weighted by Crippen LogP contribution is -2.02. The molecule has 2 heterocycles. The third-order valence-corrected chi connectivity index (χ3v) is 10.5. The zero-order chi connectivity index (χ0) is 36.7. The molecule has 8 aromatic carbocycles. The van der Waals surface area contributed by atoms with Gasteiger partial charge in [0.25, 0.3) is 0 Å². The predicted octanol–water partition coefficient (Wildman–Crippen LogP) is 13.0. The number of hydrogen-bond donors (Lipinski definition) is 0. The summed E-state index contributed by atoms with van der Waals surface area (Å²) in [5.41, 5.74) is 12.4. The van der Waals surface area contributed by atoms with Crippen LogP contribution in [-0.4, -0.2) is 19.5 Å². The van der Waals surface area contributed by atoms with Gasteiger partial charge in [-0.15, -0.1) is 0 Å². The van der Waals surface area contributed by atoms with Crippen LogP contribution >= 0.6 is 0 Å². The summed E-state index contributed by atoms with van der Waals surface area (Å²) in [5, 5.41) is 4.88. The molecule has 0 amide bonds. The van der Waals surface area contributed by atoms with Gasteiger partial charge in [-0.05, 0) is 86.3 Å². The van der Waals surface area contributed by atoms with Crippen molar-refractivity contribution in [3.8, 4) is 61.8 Å². The molecule has 0 N–H and O–H groups in total. The van der Waals surface area contributed by atoms with E-state index in [-0.39, 0.29) is 0 Å². The van der Waals surface area contributed by atoms with Gasteiger partial charge >= 0.3 is 0 Å². The van der Waals surface area contributed by atoms with Crippen LogP contribution in [0.25, 0.3) is 94.4 Å². The highest BCUT2D eigenvalue weighted by molar-refractivity contribution is 6.14. The van der Waals surface area contributed by atoms with E-state index in [9.17, 15) is 0 Å². The van der Waals surface area contributed by atoms with Crippen LogP contribution in [0, 0.1) is 0 Å². The molecule has 0 aliphatic heterocycles. The molecule has 0 fully saturated rings. The zero-order valence-electron chi connectivity index (χ0n) is 30.4. The molecule has 10 rings (SSSR count). The summed E-state index contributed by atoms with van der Waals surface area (Å²) in [6.45, 7) is 2.17. The van der Waals surface area contributed by atoms with Crippen LogP contribution < -0.4 is 0 Å². The molecule has 2 aromatic heterocycles. The SMILES string of the molecule is CCc1nc2ccccc2n1-c1cc(-c2nc(-c3ccccc3)cc(-c3ccc(-c4ccccc4)cc3)n2)cc(-c2cc3ccccc3c3ccccc23)c1. The molecule has 55 heavy (non-hydrogen) atoms. The molecule has 4 nitrogen and oxygen atoms in total. The molecule has 0 unspecified atom stereocenters. The smallest absolute Gasteiger partial charge is 0.160 e. The lowest BCUT2D eigenvalue weighted by molar-refractivity contribution is 0.908. The Labute approximate surface area is 320 Å². The van der Waals surface area contributed by atoms with E-state index < -0.39 is 0 Å². The highest BCUT2D eigenvalue weighted by Crippen LogP contribution is 2.39. The van der Waals surface area contributed by atoms with E-state index in [1.54, 1.807) is 0 Å². The average molecular weight is 705 g/mol. The zero-order valence-corrected chi connectivity index (χ0v) is 30.4. The van der Waals surface area contributed by atoms with Crippen molar-refractivity contribution in [2.24, 2.45) is 0 Å². The van der Waals surface area contributed by atoms with Crippen LogP contribution in [0.2, 0.25) is 0 Å². The van der Waals surface area contributed by atoms with Gasteiger partial charge in [-0.25, -0.2) is 15.0 Å². The number of aromatic nitrogens is 4. The van der Waals surface area contributed by atoms with Gasteiger partial charge in [0.2, 0.25) is 0 Å². The van der Waals surface area contributed by atoms with Gasteiger partial charge in [0, 0.05) is 28.8 Å². The lowest BCUT2D eigenvalue weighted by Gasteiger charge is -2.16. The molecule has 0 aliphatic rings. The summed E-state index contributed by atoms with van der Waals surface area (Å²) in [6, 6.07) is 66.5. The van der Waals surface area contributed by atoms with E-state index in [2.05, 4.69) is 187 Å². The number of benzene rings is 8. The maximum Gasteiger partial charge on any atom is 0.160 e. The van der Waals surface area contributed by atoms with Gasteiger partial charge in [0.05, 0.1) is 22.4 Å². The van der Waals surface area contributed by atoms with E-state index in [1.807, 2.05) is 12.1 Å². The highest BCUT2D eigenvalue weighted by atomic mass is 15.1. The molecule has 0 saturated carbocycles. The maximum absolute atomic E-state index is 5.34. The Bertz CT molecular complexity index is 3000. The first-order valence-corrected chi connectivity index (χ1v) is 18.8. The monoisotopic (exact) mass is 704 g/mol. The van der Waals surface area contributed by atoms with Crippen molar-refractivity contribution >= 4 is 32.6 Å². The molecule has 0 saturated heterocycles. The topological polar surface area (TPSA) is 43.6 Å². The Kier molecular flexibility index (Phi) is 8.07. The summed E-state index contributed by atoms with van der Waals surface area (Å²) >= 11 is 0. The van der Waals surface area contributed by atoms with Gasteiger partial charge in [0.1, 0.15) is 5.82 Å². The van der Waals surface area contributed by atoms with Crippen LogP contribution in [0.4, 0.5) is 0 Å². The summed E-state index contributed by atoms with van der Waals surface area (Å²) < 4.78 is 2.30. The standard InChI is InChI=1S/C51H36N4/c1-2-50-52-46-23-13-14-24-49(46)55(50)41-30-39(45-32-38-19-9-10-20-42(38)43-21-11-12-22-44(43)45)29-40(31-41)51-53-47(36-17-7-4-8-18-36)33-48(54-51)37-27-25-35(26-28-37)34-15-5-3-6-16-34/h3-33H,2H2,1H3. The van der Waals surface area contributed by atoms with Crippen molar-refractivity contribution in [2.75, 3.05) is 0 Å². The van der Waals surface area contributed by atoms with Crippen molar-refractivity contribution < 1.29 is 0 Å². The number of imidazole rings is 1. The number of rotatable bonds is 7. The summed E-state index contributed by atoms with van der Waals surface area (Å²) in [6.07, 6.45) is 0.788. The van der Waals surface area contributed by atoms with Crippen LogP contribution in [0.15, 0.2) is 188 Å². The molecule has 0 radical (unpaired) electrons. The van der Waals surface area contributed by atoms with Gasteiger partial charge in [0.15, 0.2) is 5.82 Å². The van der Waals surface area contributed by atoms with E-state index in [1.165, 1.54) is 32.7 Å². The van der Waals surface area contributed by atoms with Crippen molar-refractivity contribution in [1.82, 2.24) is 19.5 Å². The van der Waals surface area contributed by atoms with Crippen LogP contribution in [0.5, 0.6) is 0 Å². The second-order valence-electron chi connectivity index (χ2n) is 13.9. The number of nitrogens with zero attached hydrogens (tertiary/aromatic N) is 4. The predicted molar refractivity (Wildman–Crippen MR) is 228 cm³/mol. The van der Waals surface area contributed by atoms with Crippen molar-refractivity contribution in [1.29, 1.82) is 0 Å². The van der Waals surface area contributed by atoms with Crippen LogP contribution in [0.3, 0.4) is 0 Å². The second-order valence-corrected chi connectivity index (χ2v) is 13.9. The van der Waals surface area contributed by atoms with E-state index in [0.29, 0.717) is 5.82 Å². The Morgan fingerprint density at radius 2 is 0.982 bits per heavy atom. The first-order valence-electron chi connectivity index (χ1n) is 18.8. The second kappa shape index (κ2) is 13.7. The Morgan fingerprint density at radius 3 is 1.73 bits per heavy atom. The molecule has 0 aliphatic carbocycles. The molecular weight excluding hydrogens is 669 g/mol. The number of aryl methyl sites for hydroxylation is 1. The van der Waals surface area contributed by atoms with Gasteiger partial charge in [-0.3, -0.25) is 4.57 Å². The lowest BCUT2D eigenvalue weighted by atomic mass is 9.92. The summed E-state index contributed by atoms with van der Waals surface area (Å²) in [5.74, 6) is 1.67. The molecule has 0 spiro atoms. The van der Waals surface area contributed by atoms with E-state index in [0.717, 1.165) is 68.2 Å². The molecule has 10 aromatic rings. The highest BCUT2D eigenvalue weighted by Gasteiger charge is 2.18. The molecule has 0 atom stereocenters. The molecular formula is C51H36N4. The minimum absolute atomic E-state index is 0.666. The minimum atomic E-state index is 0.666. The number of fused-ring (bicyclic) bond motifs is 4. The normalized spacial score (nSPS) is 11.4. The minimum Gasteiger partial charge on any atom is -0.296 e. The van der Waals surface area contributed by atoms with Gasteiger partial charge in [-0.1, -0.05) is 153 Å². The van der Waals surface area contributed by atoms with Crippen molar-refractivity contribution in [3.63, 3.8) is 0 Å². The largest absolute Gasteiger partial charge is 0.296 e. The van der Waals surface area contributed by atoms with E-state index in [4.69, 9.17) is 15.0 Å². The Morgan fingerprint density at radius 1 is 0.418 bits per heavy atom. The average Bonchev–Trinajstić information content (AvgIpc) is 3.65. The summed E-state index contributed by atoms with van der Waals surface area (Å²) in [7, 11) is 0. The number of para-hydroxylation sites is 2. The van der Waals surface area contributed by atoms with Crippen LogP contribution in [-0.2, 0) is 6.42 Å². The maximum atomic E-state index is 5.34. The Balaban J connectivity index is 1.23. The van der Waals surface area contributed by atoms with Gasteiger partial charge < -0.3 is 0 Å². The Hall–Kier alpha value is -7.17. The fraction of sp³-hybridized carbons (Fsp3) is 0.0392.